The molecule has 1 aromatic heterocycles. The van der Waals surface area contributed by atoms with E-state index in [-0.39, 0.29) is 6.54 Å². The SMILES string of the molecule is CCN(c1ncc(C)cc1CN)S(C)(=O)=O. The van der Waals surface area contributed by atoms with E-state index in [1.165, 1.54) is 10.6 Å². The van der Waals surface area contributed by atoms with Gasteiger partial charge in [0.05, 0.1) is 6.26 Å². The van der Waals surface area contributed by atoms with E-state index >= 15 is 0 Å². The first-order valence-corrected chi connectivity index (χ1v) is 6.88. The number of rotatable bonds is 4. The highest BCUT2D eigenvalue weighted by Crippen LogP contribution is 2.20. The minimum absolute atomic E-state index is 0.274. The van der Waals surface area contributed by atoms with Crippen LogP contribution in [0.4, 0.5) is 5.82 Å². The molecule has 16 heavy (non-hydrogen) atoms. The summed E-state index contributed by atoms with van der Waals surface area (Å²) in [5.41, 5.74) is 7.30. The molecular formula is C10H17N3O2S. The summed E-state index contributed by atoms with van der Waals surface area (Å²) < 4.78 is 24.4. The van der Waals surface area contributed by atoms with Gasteiger partial charge in [0.2, 0.25) is 10.0 Å². The Labute approximate surface area is 96.3 Å². The molecule has 0 fully saturated rings. The third-order valence-corrected chi connectivity index (χ3v) is 3.46. The fourth-order valence-corrected chi connectivity index (χ4v) is 2.49. The Kier molecular flexibility index (Phi) is 3.88. The van der Waals surface area contributed by atoms with Gasteiger partial charge in [0.25, 0.3) is 0 Å². The molecule has 0 unspecified atom stereocenters. The second kappa shape index (κ2) is 4.80. The summed E-state index contributed by atoms with van der Waals surface area (Å²) in [6.07, 6.45) is 2.81. The molecule has 0 aliphatic carbocycles. The maximum Gasteiger partial charge on any atom is 0.233 e. The van der Waals surface area contributed by atoms with Gasteiger partial charge in [-0.3, -0.25) is 4.31 Å². The molecule has 0 aliphatic rings. The molecule has 1 rings (SSSR count). The monoisotopic (exact) mass is 243 g/mol. The van der Waals surface area contributed by atoms with Gasteiger partial charge in [-0.25, -0.2) is 13.4 Å². The van der Waals surface area contributed by atoms with Gasteiger partial charge in [0.15, 0.2) is 0 Å². The van der Waals surface area contributed by atoms with Crippen LogP contribution < -0.4 is 10.0 Å². The first kappa shape index (κ1) is 12.9. The first-order valence-electron chi connectivity index (χ1n) is 5.03. The van der Waals surface area contributed by atoms with Crippen LogP contribution in [0.15, 0.2) is 12.3 Å². The van der Waals surface area contributed by atoms with Crippen molar-refractivity contribution in [3.63, 3.8) is 0 Å². The number of hydrogen-bond acceptors (Lipinski definition) is 4. The molecule has 90 valence electrons. The molecule has 0 saturated carbocycles. The van der Waals surface area contributed by atoms with Gasteiger partial charge in [-0.05, 0) is 25.5 Å². The lowest BCUT2D eigenvalue weighted by Crippen LogP contribution is -2.31. The smallest absolute Gasteiger partial charge is 0.233 e. The fraction of sp³-hybridized carbons (Fsp3) is 0.500. The third-order valence-electron chi connectivity index (χ3n) is 2.22. The number of hydrogen-bond donors (Lipinski definition) is 1. The molecule has 6 heteroatoms. The second-order valence-electron chi connectivity index (χ2n) is 3.63. The standard InChI is InChI=1S/C10H17N3O2S/c1-4-13(16(3,14)15)10-9(6-11)5-8(2)7-12-10/h5,7H,4,6,11H2,1-3H3. The minimum Gasteiger partial charge on any atom is -0.326 e. The highest BCUT2D eigenvalue weighted by Gasteiger charge is 2.19. The van der Waals surface area contributed by atoms with Gasteiger partial charge in [-0.1, -0.05) is 0 Å². The van der Waals surface area contributed by atoms with Gasteiger partial charge in [0, 0.05) is 24.8 Å². The predicted molar refractivity (Wildman–Crippen MR) is 64.7 cm³/mol. The topological polar surface area (TPSA) is 76.3 Å². The van der Waals surface area contributed by atoms with E-state index in [2.05, 4.69) is 4.98 Å². The van der Waals surface area contributed by atoms with E-state index in [9.17, 15) is 8.42 Å². The predicted octanol–water partition coefficient (Wildman–Crippen LogP) is 0.635. The van der Waals surface area contributed by atoms with Crippen LogP contribution in [-0.2, 0) is 16.6 Å². The molecule has 1 aromatic rings. The van der Waals surface area contributed by atoms with Crippen molar-refractivity contribution in [2.45, 2.75) is 20.4 Å². The van der Waals surface area contributed by atoms with Crippen molar-refractivity contribution in [1.29, 1.82) is 0 Å². The summed E-state index contributed by atoms with van der Waals surface area (Å²) in [6.45, 7) is 4.29. The van der Waals surface area contributed by atoms with Crippen LogP contribution in [0.3, 0.4) is 0 Å². The number of aromatic nitrogens is 1. The first-order chi connectivity index (χ1) is 7.40. The Morgan fingerprint density at radius 2 is 2.12 bits per heavy atom. The molecule has 5 nitrogen and oxygen atoms in total. The van der Waals surface area contributed by atoms with Crippen molar-refractivity contribution in [2.75, 3.05) is 17.1 Å². The Bertz CT molecular complexity index is 471. The number of nitrogens with two attached hydrogens (primary N) is 1. The van der Waals surface area contributed by atoms with Crippen LogP contribution in [0.25, 0.3) is 0 Å². The third kappa shape index (κ3) is 2.70. The zero-order valence-electron chi connectivity index (χ0n) is 9.77. The van der Waals surface area contributed by atoms with E-state index in [0.29, 0.717) is 12.4 Å². The van der Waals surface area contributed by atoms with Crippen LogP contribution >= 0.6 is 0 Å². The highest BCUT2D eigenvalue weighted by molar-refractivity contribution is 7.92. The molecule has 0 atom stereocenters. The number of pyridine rings is 1. The normalized spacial score (nSPS) is 11.5. The van der Waals surface area contributed by atoms with Crippen LogP contribution in [-0.4, -0.2) is 26.2 Å². The number of aryl methyl sites for hydroxylation is 1. The van der Waals surface area contributed by atoms with E-state index in [4.69, 9.17) is 5.73 Å². The zero-order chi connectivity index (χ0) is 12.3. The molecular weight excluding hydrogens is 226 g/mol. The van der Waals surface area contributed by atoms with E-state index in [1.54, 1.807) is 13.1 Å². The van der Waals surface area contributed by atoms with Crippen molar-refractivity contribution < 1.29 is 8.42 Å². The Hall–Kier alpha value is -1.14. The van der Waals surface area contributed by atoms with E-state index < -0.39 is 10.0 Å². The zero-order valence-corrected chi connectivity index (χ0v) is 10.6. The molecule has 1 heterocycles. The molecule has 0 amide bonds. The summed E-state index contributed by atoms with van der Waals surface area (Å²) in [5.74, 6) is 0.429. The average Bonchev–Trinajstić information content (AvgIpc) is 2.19. The number of nitrogens with zero attached hydrogens (tertiary/aromatic N) is 2. The maximum atomic E-state index is 11.6. The summed E-state index contributed by atoms with van der Waals surface area (Å²) in [7, 11) is -3.30. The van der Waals surface area contributed by atoms with Crippen molar-refractivity contribution in [1.82, 2.24) is 4.98 Å². The number of sulfonamides is 1. The Balaban J connectivity index is 3.31. The van der Waals surface area contributed by atoms with Crippen molar-refractivity contribution in [3.8, 4) is 0 Å². The molecule has 0 bridgehead atoms. The molecule has 2 N–H and O–H groups in total. The summed E-state index contributed by atoms with van der Waals surface area (Å²) >= 11 is 0. The fourth-order valence-electron chi connectivity index (χ4n) is 1.54. The molecule has 0 aromatic carbocycles. The lowest BCUT2D eigenvalue weighted by Gasteiger charge is -2.21. The largest absolute Gasteiger partial charge is 0.326 e. The van der Waals surface area contributed by atoms with Gasteiger partial charge >= 0.3 is 0 Å². The van der Waals surface area contributed by atoms with Crippen LogP contribution in [0.5, 0.6) is 0 Å². The minimum atomic E-state index is -3.30. The summed E-state index contributed by atoms with van der Waals surface area (Å²) in [4.78, 5) is 4.15. The van der Waals surface area contributed by atoms with Crippen molar-refractivity contribution >= 4 is 15.8 Å². The molecule has 0 spiro atoms. The van der Waals surface area contributed by atoms with Crippen LogP contribution in [0, 0.1) is 6.92 Å². The lowest BCUT2D eigenvalue weighted by molar-refractivity contribution is 0.597. The van der Waals surface area contributed by atoms with Gasteiger partial charge in [-0.15, -0.1) is 0 Å². The van der Waals surface area contributed by atoms with Crippen molar-refractivity contribution in [2.24, 2.45) is 5.73 Å². The van der Waals surface area contributed by atoms with Gasteiger partial charge < -0.3 is 5.73 Å². The number of anilines is 1. The highest BCUT2D eigenvalue weighted by atomic mass is 32.2. The molecule has 0 radical (unpaired) electrons. The molecule has 0 aliphatic heterocycles. The Morgan fingerprint density at radius 3 is 2.56 bits per heavy atom. The quantitative estimate of drug-likeness (QED) is 0.841. The average molecular weight is 243 g/mol. The van der Waals surface area contributed by atoms with Crippen LogP contribution in [0.1, 0.15) is 18.1 Å². The van der Waals surface area contributed by atoms with Crippen molar-refractivity contribution in [3.05, 3.63) is 23.4 Å². The lowest BCUT2D eigenvalue weighted by atomic mass is 10.2. The van der Waals surface area contributed by atoms with Gasteiger partial charge in [0.1, 0.15) is 5.82 Å². The molecule has 0 saturated heterocycles. The Morgan fingerprint density at radius 1 is 1.50 bits per heavy atom. The van der Waals surface area contributed by atoms with Crippen LogP contribution in [0.2, 0.25) is 0 Å². The maximum absolute atomic E-state index is 11.6. The summed E-state index contributed by atoms with van der Waals surface area (Å²) in [6, 6.07) is 1.86. The van der Waals surface area contributed by atoms with E-state index in [1.807, 2.05) is 13.0 Å². The van der Waals surface area contributed by atoms with E-state index in [0.717, 1.165) is 11.1 Å². The van der Waals surface area contributed by atoms with Gasteiger partial charge in [-0.2, -0.15) is 0 Å². The summed E-state index contributed by atoms with van der Waals surface area (Å²) in [5, 5.41) is 0. The second-order valence-corrected chi connectivity index (χ2v) is 5.53.